The molecule has 5 heteroatoms. The molecule has 17 heavy (non-hydrogen) atoms. The number of methoxy groups -OCH3 is 1. The van der Waals surface area contributed by atoms with Gasteiger partial charge in [0.25, 0.3) is 0 Å². The molecule has 1 N–H and O–H groups in total. The standard InChI is InChI=1S/C12H23N3O2/c1-3-5-14-6-8-15(9-7-14)12(16)11-13-4-10-17-2/h3,13H,1,4-11H2,2H3. The van der Waals surface area contributed by atoms with E-state index < -0.39 is 0 Å². The summed E-state index contributed by atoms with van der Waals surface area (Å²) in [5.74, 6) is 0.180. The van der Waals surface area contributed by atoms with E-state index in [1.807, 2.05) is 11.0 Å². The number of nitrogens with one attached hydrogen (secondary N) is 1. The Morgan fingerprint density at radius 1 is 1.41 bits per heavy atom. The van der Waals surface area contributed by atoms with Crippen LogP contribution >= 0.6 is 0 Å². The van der Waals surface area contributed by atoms with Crippen LogP contribution in [0.5, 0.6) is 0 Å². The van der Waals surface area contributed by atoms with Gasteiger partial charge in [0.05, 0.1) is 13.2 Å². The lowest BCUT2D eigenvalue weighted by molar-refractivity contribution is -0.131. The van der Waals surface area contributed by atoms with Gasteiger partial charge in [0.2, 0.25) is 5.91 Å². The molecule has 1 fully saturated rings. The van der Waals surface area contributed by atoms with Crippen molar-refractivity contribution in [2.45, 2.75) is 0 Å². The predicted molar refractivity (Wildman–Crippen MR) is 68.0 cm³/mol. The number of carbonyl (C=O) groups excluding carboxylic acids is 1. The zero-order valence-corrected chi connectivity index (χ0v) is 10.7. The number of rotatable bonds is 7. The topological polar surface area (TPSA) is 44.8 Å². The summed E-state index contributed by atoms with van der Waals surface area (Å²) in [7, 11) is 1.66. The third kappa shape index (κ3) is 5.30. The van der Waals surface area contributed by atoms with E-state index >= 15 is 0 Å². The number of piperazine rings is 1. The van der Waals surface area contributed by atoms with Gasteiger partial charge in [-0.1, -0.05) is 6.08 Å². The summed E-state index contributed by atoms with van der Waals surface area (Å²) in [6.45, 7) is 9.92. The van der Waals surface area contributed by atoms with Gasteiger partial charge in [-0.3, -0.25) is 9.69 Å². The minimum absolute atomic E-state index is 0.180. The van der Waals surface area contributed by atoms with Crippen molar-refractivity contribution in [3.63, 3.8) is 0 Å². The van der Waals surface area contributed by atoms with Crippen molar-refractivity contribution in [2.75, 3.05) is 59.5 Å². The molecule has 0 saturated carbocycles. The Kier molecular flexibility index (Phi) is 6.84. The SMILES string of the molecule is C=CCN1CCN(C(=O)CNCCOC)CC1. The first kappa shape index (κ1) is 14.2. The Hall–Kier alpha value is -0.910. The van der Waals surface area contributed by atoms with Crippen LogP contribution in [0.15, 0.2) is 12.7 Å². The van der Waals surface area contributed by atoms with Gasteiger partial charge in [-0.05, 0) is 0 Å². The van der Waals surface area contributed by atoms with Crippen molar-refractivity contribution >= 4 is 5.91 Å². The lowest BCUT2D eigenvalue weighted by Crippen LogP contribution is -2.50. The summed E-state index contributed by atoms with van der Waals surface area (Å²) in [5.41, 5.74) is 0. The van der Waals surface area contributed by atoms with Crippen LogP contribution < -0.4 is 5.32 Å². The van der Waals surface area contributed by atoms with Crippen LogP contribution in [-0.2, 0) is 9.53 Å². The maximum Gasteiger partial charge on any atom is 0.236 e. The second-order valence-corrected chi connectivity index (χ2v) is 4.14. The highest BCUT2D eigenvalue weighted by atomic mass is 16.5. The Bertz CT molecular complexity index is 238. The van der Waals surface area contributed by atoms with Crippen LogP contribution in [0.4, 0.5) is 0 Å². The molecule has 98 valence electrons. The monoisotopic (exact) mass is 241 g/mol. The molecule has 0 bridgehead atoms. The number of carbonyl (C=O) groups is 1. The molecule has 0 radical (unpaired) electrons. The molecule has 1 amide bonds. The van der Waals surface area contributed by atoms with Crippen LogP contribution in [0.3, 0.4) is 0 Å². The fourth-order valence-corrected chi connectivity index (χ4v) is 1.84. The van der Waals surface area contributed by atoms with Crippen LogP contribution in [-0.4, -0.2) is 75.2 Å². The maximum atomic E-state index is 11.8. The molecule has 1 aliphatic rings. The summed E-state index contributed by atoms with van der Waals surface area (Å²) in [4.78, 5) is 16.0. The van der Waals surface area contributed by atoms with Gasteiger partial charge in [-0.2, -0.15) is 0 Å². The summed E-state index contributed by atoms with van der Waals surface area (Å²) >= 11 is 0. The average Bonchev–Trinajstić information content (AvgIpc) is 2.36. The van der Waals surface area contributed by atoms with E-state index in [4.69, 9.17) is 4.74 Å². The minimum atomic E-state index is 0.180. The first-order valence-electron chi connectivity index (χ1n) is 6.08. The summed E-state index contributed by atoms with van der Waals surface area (Å²) in [6.07, 6.45) is 1.91. The number of ether oxygens (including phenoxy) is 1. The van der Waals surface area contributed by atoms with Crippen LogP contribution in [0.1, 0.15) is 0 Å². The largest absolute Gasteiger partial charge is 0.383 e. The van der Waals surface area contributed by atoms with Crippen LogP contribution in [0.2, 0.25) is 0 Å². The molecule has 0 aliphatic carbocycles. The van der Waals surface area contributed by atoms with E-state index in [1.165, 1.54) is 0 Å². The van der Waals surface area contributed by atoms with Gasteiger partial charge in [-0.25, -0.2) is 0 Å². The number of amides is 1. The lowest BCUT2D eigenvalue weighted by Gasteiger charge is -2.34. The predicted octanol–water partition coefficient (Wildman–Crippen LogP) is -0.447. The summed E-state index contributed by atoms with van der Waals surface area (Å²) < 4.78 is 4.91. The van der Waals surface area contributed by atoms with Crippen molar-refractivity contribution in [1.29, 1.82) is 0 Å². The molecule has 0 spiro atoms. The van der Waals surface area contributed by atoms with E-state index in [9.17, 15) is 4.79 Å². The number of hydrogen-bond donors (Lipinski definition) is 1. The Balaban J connectivity index is 2.14. The second-order valence-electron chi connectivity index (χ2n) is 4.14. The van der Waals surface area contributed by atoms with E-state index in [0.717, 1.165) is 39.3 Å². The quantitative estimate of drug-likeness (QED) is 0.484. The highest BCUT2D eigenvalue weighted by Crippen LogP contribution is 2.01. The molecule has 1 rings (SSSR count). The Morgan fingerprint density at radius 3 is 2.71 bits per heavy atom. The first-order chi connectivity index (χ1) is 8.27. The third-order valence-electron chi connectivity index (χ3n) is 2.87. The normalized spacial score (nSPS) is 17.1. The van der Waals surface area contributed by atoms with E-state index in [-0.39, 0.29) is 5.91 Å². The zero-order chi connectivity index (χ0) is 12.5. The molecule has 0 aromatic carbocycles. The second kappa shape index (κ2) is 8.22. The van der Waals surface area contributed by atoms with Crippen LogP contribution in [0, 0.1) is 0 Å². The minimum Gasteiger partial charge on any atom is -0.383 e. The van der Waals surface area contributed by atoms with E-state index in [1.54, 1.807) is 7.11 Å². The Labute approximate surface area is 103 Å². The molecule has 5 nitrogen and oxygen atoms in total. The molecule has 0 unspecified atom stereocenters. The van der Waals surface area contributed by atoms with Crippen molar-refractivity contribution < 1.29 is 9.53 Å². The van der Waals surface area contributed by atoms with Crippen LogP contribution in [0.25, 0.3) is 0 Å². The third-order valence-corrected chi connectivity index (χ3v) is 2.87. The molecular formula is C12H23N3O2. The molecule has 0 atom stereocenters. The van der Waals surface area contributed by atoms with Crippen molar-refractivity contribution in [2.24, 2.45) is 0 Å². The molecule has 1 heterocycles. The highest BCUT2D eigenvalue weighted by Gasteiger charge is 2.19. The van der Waals surface area contributed by atoms with Gasteiger partial charge in [0.1, 0.15) is 0 Å². The van der Waals surface area contributed by atoms with Crippen molar-refractivity contribution in [3.8, 4) is 0 Å². The van der Waals surface area contributed by atoms with Gasteiger partial charge in [-0.15, -0.1) is 6.58 Å². The fraction of sp³-hybridized carbons (Fsp3) is 0.750. The smallest absolute Gasteiger partial charge is 0.236 e. The average molecular weight is 241 g/mol. The molecule has 0 aromatic heterocycles. The number of hydrogen-bond acceptors (Lipinski definition) is 4. The van der Waals surface area contributed by atoms with Gasteiger partial charge in [0.15, 0.2) is 0 Å². The van der Waals surface area contributed by atoms with Gasteiger partial charge >= 0.3 is 0 Å². The number of nitrogens with zero attached hydrogens (tertiary/aromatic N) is 2. The van der Waals surface area contributed by atoms with E-state index in [2.05, 4.69) is 16.8 Å². The Morgan fingerprint density at radius 2 is 2.12 bits per heavy atom. The zero-order valence-electron chi connectivity index (χ0n) is 10.7. The first-order valence-corrected chi connectivity index (χ1v) is 6.08. The highest BCUT2D eigenvalue weighted by molar-refractivity contribution is 5.78. The van der Waals surface area contributed by atoms with Gasteiger partial charge < -0.3 is 15.0 Å². The fourth-order valence-electron chi connectivity index (χ4n) is 1.84. The summed E-state index contributed by atoms with van der Waals surface area (Å²) in [6, 6.07) is 0. The molecule has 1 aliphatic heterocycles. The lowest BCUT2D eigenvalue weighted by atomic mass is 10.3. The molecular weight excluding hydrogens is 218 g/mol. The molecule has 0 aromatic rings. The summed E-state index contributed by atoms with van der Waals surface area (Å²) in [5, 5.41) is 3.07. The van der Waals surface area contributed by atoms with E-state index in [0.29, 0.717) is 13.2 Å². The maximum absolute atomic E-state index is 11.8. The van der Waals surface area contributed by atoms with Crippen molar-refractivity contribution in [1.82, 2.24) is 15.1 Å². The van der Waals surface area contributed by atoms with Gasteiger partial charge in [0, 0.05) is 46.4 Å². The van der Waals surface area contributed by atoms with Crippen molar-refractivity contribution in [3.05, 3.63) is 12.7 Å². The molecule has 1 saturated heterocycles.